The van der Waals surface area contributed by atoms with Crippen LogP contribution >= 0.6 is 23.2 Å². The van der Waals surface area contributed by atoms with Gasteiger partial charge in [0.25, 0.3) is 0 Å². The number of halogens is 2. The standard InChI is InChI=1S/C28H38Cl2N6O/c1-5-9-19(23-21(7-3)33-27-25(29)31-13-15-35(23)27)11-17-37-18-12-20(10-6-2)24-22(8-4)34-28-26(30)32-14-16-36(24)28/h13-16,19-20H,5-12,17-18H2,1-4H3. The molecule has 200 valence electrons. The van der Waals surface area contributed by atoms with Crippen LogP contribution in [0.15, 0.2) is 24.8 Å². The van der Waals surface area contributed by atoms with Crippen molar-refractivity contribution in [2.75, 3.05) is 13.2 Å². The molecule has 2 atom stereocenters. The molecule has 0 N–H and O–H groups in total. The van der Waals surface area contributed by atoms with E-state index in [4.69, 9.17) is 37.9 Å². The Kier molecular flexibility index (Phi) is 9.79. The fraction of sp³-hybridized carbons (Fsp3) is 0.571. The molecule has 0 spiro atoms. The number of aromatic nitrogens is 6. The second-order valence-electron chi connectivity index (χ2n) is 9.58. The maximum atomic E-state index is 6.35. The summed E-state index contributed by atoms with van der Waals surface area (Å²) in [6.07, 6.45) is 15.5. The topological polar surface area (TPSA) is 69.6 Å². The van der Waals surface area contributed by atoms with Gasteiger partial charge in [-0.3, -0.25) is 8.80 Å². The third-order valence-corrected chi connectivity index (χ3v) is 7.70. The largest absolute Gasteiger partial charge is 0.381 e. The van der Waals surface area contributed by atoms with E-state index < -0.39 is 0 Å². The van der Waals surface area contributed by atoms with Gasteiger partial charge in [0, 0.05) is 61.2 Å². The smallest absolute Gasteiger partial charge is 0.175 e. The first kappa shape index (κ1) is 27.8. The number of imidazole rings is 2. The van der Waals surface area contributed by atoms with Gasteiger partial charge in [0.15, 0.2) is 21.6 Å². The molecule has 0 radical (unpaired) electrons. The van der Waals surface area contributed by atoms with Crippen molar-refractivity contribution >= 4 is 34.5 Å². The number of hydrogen-bond donors (Lipinski definition) is 0. The van der Waals surface area contributed by atoms with Crippen molar-refractivity contribution in [2.24, 2.45) is 0 Å². The molecule has 4 aromatic heterocycles. The fourth-order valence-corrected chi connectivity index (χ4v) is 5.87. The number of aryl methyl sites for hydroxylation is 2. The predicted octanol–water partition coefficient (Wildman–Crippen LogP) is 7.47. The first-order valence-electron chi connectivity index (χ1n) is 13.6. The highest BCUT2D eigenvalue weighted by atomic mass is 35.5. The van der Waals surface area contributed by atoms with Crippen LogP contribution < -0.4 is 0 Å². The summed E-state index contributed by atoms with van der Waals surface area (Å²) >= 11 is 12.7. The van der Waals surface area contributed by atoms with Crippen molar-refractivity contribution in [3.63, 3.8) is 0 Å². The van der Waals surface area contributed by atoms with Gasteiger partial charge in [0.05, 0.1) is 11.4 Å². The third-order valence-electron chi connectivity index (χ3n) is 7.16. The second kappa shape index (κ2) is 13.0. The predicted molar refractivity (Wildman–Crippen MR) is 150 cm³/mol. The number of rotatable bonds is 14. The molecule has 9 heteroatoms. The summed E-state index contributed by atoms with van der Waals surface area (Å²) < 4.78 is 10.5. The number of hydrogen-bond acceptors (Lipinski definition) is 5. The van der Waals surface area contributed by atoms with Gasteiger partial charge in [-0.05, 0) is 38.5 Å². The molecule has 0 fully saturated rings. The second-order valence-corrected chi connectivity index (χ2v) is 10.3. The highest BCUT2D eigenvalue weighted by molar-refractivity contribution is 6.32. The van der Waals surface area contributed by atoms with E-state index in [0.717, 1.165) is 74.0 Å². The van der Waals surface area contributed by atoms with Crippen molar-refractivity contribution < 1.29 is 4.74 Å². The summed E-state index contributed by atoms with van der Waals surface area (Å²) in [4.78, 5) is 18.0. The highest BCUT2D eigenvalue weighted by Crippen LogP contribution is 2.32. The molecule has 0 saturated heterocycles. The minimum Gasteiger partial charge on any atom is -0.381 e. The molecule has 0 aliphatic heterocycles. The molecule has 0 aliphatic rings. The maximum absolute atomic E-state index is 6.35. The first-order chi connectivity index (χ1) is 18.0. The third kappa shape index (κ3) is 5.94. The lowest BCUT2D eigenvalue weighted by Gasteiger charge is -2.20. The first-order valence-corrected chi connectivity index (χ1v) is 14.4. The Labute approximate surface area is 229 Å². The van der Waals surface area contributed by atoms with Gasteiger partial charge in [0.2, 0.25) is 0 Å². The Morgan fingerprint density at radius 2 is 1.14 bits per heavy atom. The van der Waals surface area contributed by atoms with E-state index in [1.165, 1.54) is 11.4 Å². The van der Waals surface area contributed by atoms with Crippen LogP contribution in [-0.2, 0) is 17.6 Å². The summed E-state index contributed by atoms with van der Waals surface area (Å²) in [7, 11) is 0. The number of fused-ring (bicyclic) bond motifs is 2. The fourth-order valence-electron chi connectivity index (χ4n) is 5.49. The van der Waals surface area contributed by atoms with Crippen LogP contribution in [0.3, 0.4) is 0 Å². The zero-order valence-corrected chi connectivity index (χ0v) is 23.9. The molecule has 37 heavy (non-hydrogen) atoms. The molecule has 0 amide bonds. The quantitative estimate of drug-likeness (QED) is 0.154. The Balaban J connectivity index is 1.44. The molecular formula is C28H38Cl2N6O. The van der Waals surface area contributed by atoms with Crippen molar-refractivity contribution in [3.05, 3.63) is 57.9 Å². The van der Waals surface area contributed by atoms with E-state index in [2.05, 4.69) is 46.5 Å². The van der Waals surface area contributed by atoms with E-state index in [1.54, 1.807) is 12.4 Å². The lowest BCUT2D eigenvalue weighted by atomic mass is 9.93. The van der Waals surface area contributed by atoms with Gasteiger partial charge in [-0.15, -0.1) is 0 Å². The van der Waals surface area contributed by atoms with Crippen LogP contribution in [0.4, 0.5) is 0 Å². The lowest BCUT2D eigenvalue weighted by molar-refractivity contribution is 0.117. The van der Waals surface area contributed by atoms with Gasteiger partial charge >= 0.3 is 0 Å². The molecule has 0 aromatic carbocycles. The molecule has 4 aromatic rings. The molecule has 0 saturated carbocycles. The zero-order valence-electron chi connectivity index (χ0n) is 22.4. The Morgan fingerprint density at radius 1 is 0.703 bits per heavy atom. The van der Waals surface area contributed by atoms with Crippen LogP contribution in [0, 0.1) is 0 Å². The van der Waals surface area contributed by atoms with Crippen molar-refractivity contribution in [3.8, 4) is 0 Å². The van der Waals surface area contributed by atoms with E-state index in [9.17, 15) is 0 Å². The van der Waals surface area contributed by atoms with E-state index in [0.29, 0.717) is 35.4 Å². The highest BCUT2D eigenvalue weighted by Gasteiger charge is 2.23. The summed E-state index contributed by atoms with van der Waals surface area (Å²) in [6, 6.07) is 0. The molecule has 4 heterocycles. The molecule has 2 unspecified atom stereocenters. The van der Waals surface area contributed by atoms with Crippen LogP contribution in [0.1, 0.15) is 101 Å². The van der Waals surface area contributed by atoms with Gasteiger partial charge in [0.1, 0.15) is 0 Å². The summed E-state index contributed by atoms with van der Waals surface area (Å²) in [5.74, 6) is 0.722. The van der Waals surface area contributed by atoms with Crippen LogP contribution in [0.25, 0.3) is 11.3 Å². The maximum Gasteiger partial charge on any atom is 0.175 e. The monoisotopic (exact) mass is 544 g/mol. The van der Waals surface area contributed by atoms with Gasteiger partial charge in [-0.1, -0.05) is 63.7 Å². The Bertz CT molecular complexity index is 1220. The summed E-state index contributed by atoms with van der Waals surface area (Å²) in [5.41, 5.74) is 6.19. The van der Waals surface area contributed by atoms with Gasteiger partial charge < -0.3 is 4.74 Å². The lowest BCUT2D eigenvalue weighted by Crippen LogP contribution is -2.12. The Morgan fingerprint density at radius 3 is 1.51 bits per heavy atom. The summed E-state index contributed by atoms with van der Waals surface area (Å²) in [5, 5.41) is 0.903. The van der Waals surface area contributed by atoms with E-state index in [-0.39, 0.29) is 0 Å². The molecule has 0 bridgehead atoms. The van der Waals surface area contributed by atoms with Crippen LogP contribution in [0.5, 0.6) is 0 Å². The molecule has 7 nitrogen and oxygen atoms in total. The molecule has 4 rings (SSSR count). The normalized spacial score (nSPS) is 13.6. The molecule has 0 aliphatic carbocycles. The average molecular weight is 546 g/mol. The van der Waals surface area contributed by atoms with Crippen LogP contribution in [0.2, 0.25) is 10.3 Å². The van der Waals surface area contributed by atoms with Crippen molar-refractivity contribution in [1.82, 2.24) is 28.7 Å². The van der Waals surface area contributed by atoms with Gasteiger partial charge in [-0.2, -0.15) is 0 Å². The van der Waals surface area contributed by atoms with Crippen LogP contribution in [-0.4, -0.2) is 42.0 Å². The SMILES string of the molecule is CCCC(CCOCCC(CCC)c1c(CC)nc2c(Cl)nccn12)c1c(CC)nc2c(Cl)nccn12. The number of ether oxygens (including phenoxy) is 1. The average Bonchev–Trinajstić information content (AvgIpc) is 3.47. The molecular weight excluding hydrogens is 507 g/mol. The van der Waals surface area contributed by atoms with Gasteiger partial charge in [-0.25, -0.2) is 19.9 Å². The number of nitrogens with zero attached hydrogens (tertiary/aromatic N) is 6. The van der Waals surface area contributed by atoms with E-state index in [1.807, 2.05) is 12.4 Å². The Hall–Kier alpha value is -2.22. The van der Waals surface area contributed by atoms with Crippen molar-refractivity contribution in [2.45, 2.75) is 90.9 Å². The minimum absolute atomic E-state index is 0.361. The minimum atomic E-state index is 0.361. The van der Waals surface area contributed by atoms with E-state index >= 15 is 0 Å². The summed E-state index contributed by atoms with van der Waals surface area (Å²) in [6.45, 7) is 10.2. The zero-order chi connectivity index (χ0) is 26.4. The van der Waals surface area contributed by atoms with Crippen molar-refractivity contribution in [1.29, 1.82) is 0 Å².